The van der Waals surface area contributed by atoms with Crippen LogP contribution < -0.4 is 20.3 Å². The normalized spacial score (nSPS) is 13.9. The number of methoxy groups -OCH3 is 1. The smallest absolute Gasteiger partial charge is 0.191 e. The number of hydrogen-bond donors (Lipinski definition) is 2. The van der Waals surface area contributed by atoms with Crippen molar-refractivity contribution in [1.82, 2.24) is 10.6 Å². The second-order valence-electron chi connectivity index (χ2n) is 6.90. The summed E-state index contributed by atoms with van der Waals surface area (Å²) >= 11 is 0. The Bertz CT molecular complexity index is 788. The first-order valence-electron chi connectivity index (χ1n) is 9.60. The molecule has 3 rings (SSSR count). The van der Waals surface area contributed by atoms with Gasteiger partial charge in [-0.2, -0.15) is 0 Å². The Morgan fingerprint density at radius 1 is 1.19 bits per heavy atom. The highest BCUT2D eigenvalue weighted by Gasteiger charge is 2.13. The summed E-state index contributed by atoms with van der Waals surface area (Å²) in [5, 5.41) is 6.80. The van der Waals surface area contributed by atoms with Crippen LogP contribution in [0.15, 0.2) is 47.5 Å². The third-order valence-electron chi connectivity index (χ3n) is 5.06. The number of rotatable bonds is 6. The van der Waals surface area contributed by atoms with Crippen molar-refractivity contribution in [2.24, 2.45) is 4.99 Å². The molecule has 5 nitrogen and oxygen atoms in total. The van der Waals surface area contributed by atoms with E-state index >= 15 is 0 Å². The van der Waals surface area contributed by atoms with Crippen LogP contribution >= 0.6 is 0 Å². The number of benzene rings is 2. The van der Waals surface area contributed by atoms with Gasteiger partial charge in [0.2, 0.25) is 0 Å². The molecule has 0 amide bonds. The molecule has 2 aromatic carbocycles. The molecule has 144 valence electrons. The molecule has 0 saturated carbocycles. The van der Waals surface area contributed by atoms with E-state index < -0.39 is 0 Å². The predicted octanol–water partition coefficient (Wildman–Crippen LogP) is 2.99. The van der Waals surface area contributed by atoms with Crippen molar-refractivity contribution < 1.29 is 4.74 Å². The molecular formula is C22H30N4O. The molecule has 1 aliphatic rings. The van der Waals surface area contributed by atoms with E-state index in [4.69, 9.17) is 4.74 Å². The third-order valence-corrected chi connectivity index (χ3v) is 5.06. The van der Waals surface area contributed by atoms with Crippen molar-refractivity contribution in [3.63, 3.8) is 0 Å². The van der Waals surface area contributed by atoms with Gasteiger partial charge in [0.25, 0.3) is 0 Å². The molecule has 0 fully saturated rings. The first-order chi connectivity index (χ1) is 13.2. The number of nitrogens with one attached hydrogen (secondary N) is 2. The van der Waals surface area contributed by atoms with Gasteiger partial charge in [-0.1, -0.05) is 30.3 Å². The van der Waals surface area contributed by atoms with E-state index in [1.165, 1.54) is 35.2 Å². The highest BCUT2D eigenvalue weighted by Crippen LogP contribution is 2.26. The van der Waals surface area contributed by atoms with Gasteiger partial charge in [-0.15, -0.1) is 0 Å². The Balaban J connectivity index is 1.51. The number of fused-ring (bicyclic) bond motifs is 1. The van der Waals surface area contributed by atoms with Crippen LogP contribution in [-0.4, -0.2) is 40.3 Å². The number of aliphatic imine (C=N–C) groups is 1. The number of para-hydroxylation sites is 1. The SMILES string of the molecule is CN=C(NCCc1ccccc1OC)NCc1ccc2c(c1)CCCN2C. The second kappa shape index (κ2) is 9.31. The van der Waals surface area contributed by atoms with Crippen LogP contribution in [0.2, 0.25) is 0 Å². The van der Waals surface area contributed by atoms with Crippen molar-refractivity contribution in [2.45, 2.75) is 25.8 Å². The lowest BCUT2D eigenvalue weighted by molar-refractivity contribution is 0.409. The highest BCUT2D eigenvalue weighted by molar-refractivity contribution is 5.79. The Morgan fingerprint density at radius 3 is 2.85 bits per heavy atom. The van der Waals surface area contributed by atoms with Crippen LogP contribution in [0.1, 0.15) is 23.1 Å². The fourth-order valence-corrected chi connectivity index (χ4v) is 3.58. The summed E-state index contributed by atoms with van der Waals surface area (Å²) in [7, 11) is 5.69. The minimum atomic E-state index is 0.769. The van der Waals surface area contributed by atoms with Crippen LogP contribution in [0.5, 0.6) is 5.75 Å². The number of aryl methyl sites for hydroxylation is 1. The van der Waals surface area contributed by atoms with Crippen LogP contribution in [-0.2, 0) is 19.4 Å². The lowest BCUT2D eigenvalue weighted by Crippen LogP contribution is -2.38. The van der Waals surface area contributed by atoms with E-state index in [0.717, 1.165) is 37.8 Å². The van der Waals surface area contributed by atoms with E-state index in [2.05, 4.69) is 51.8 Å². The summed E-state index contributed by atoms with van der Waals surface area (Å²) in [4.78, 5) is 6.67. The number of anilines is 1. The molecule has 2 aromatic rings. The van der Waals surface area contributed by atoms with E-state index in [9.17, 15) is 0 Å². The molecular weight excluding hydrogens is 336 g/mol. The summed E-state index contributed by atoms with van der Waals surface area (Å²) < 4.78 is 5.41. The van der Waals surface area contributed by atoms with Gasteiger partial charge in [0.1, 0.15) is 5.75 Å². The number of nitrogens with zero attached hydrogens (tertiary/aromatic N) is 2. The third kappa shape index (κ3) is 4.94. The van der Waals surface area contributed by atoms with Crippen molar-refractivity contribution in [1.29, 1.82) is 0 Å². The summed E-state index contributed by atoms with van der Waals surface area (Å²) in [5.41, 5.74) is 5.30. The average Bonchev–Trinajstić information content (AvgIpc) is 2.71. The van der Waals surface area contributed by atoms with E-state index in [-0.39, 0.29) is 0 Å². The lowest BCUT2D eigenvalue weighted by Gasteiger charge is -2.28. The summed E-state index contributed by atoms with van der Waals surface area (Å²) in [6.45, 7) is 2.72. The van der Waals surface area contributed by atoms with E-state index in [1.54, 1.807) is 14.2 Å². The molecule has 0 atom stereocenters. The second-order valence-corrected chi connectivity index (χ2v) is 6.90. The molecule has 0 bridgehead atoms. The van der Waals surface area contributed by atoms with Crippen LogP contribution in [0.25, 0.3) is 0 Å². The fourth-order valence-electron chi connectivity index (χ4n) is 3.58. The Labute approximate surface area is 162 Å². The van der Waals surface area contributed by atoms with Crippen LogP contribution in [0, 0.1) is 0 Å². The highest BCUT2D eigenvalue weighted by atomic mass is 16.5. The Morgan fingerprint density at radius 2 is 2.04 bits per heavy atom. The maximum atomic E-state index is 5.41. The molecule has 0 spiro atoms. The monoisotopic (exact) mass is 366 g/mol. The molecule has 0 unspecified atom stereocenters. The Hall–Kier alpha value is -2.69. The molecule has 1 aliphatic heterocycles. The maximum Gasteiger partial charge on any atom is 0.191 e. The van der Waals surface area contributed by atoms with Crippen LogP contribution in [0.3, 0.4) is 0 Å². The van der Waals surface area contributed by atoms with Crippen molar-refractivity contribution in [3.8, 4) is 5.75 Å². The summed E-state index contributed by atoms with van der Waals surface area (Å²) in [5.74, 6) is 1.75. The van der Waals surface area contributed by atoms with Crippen molar-refractivity contribution >= 4 is 11.6 Å². The van der Waals surface area contributed by atoms with Gasteiger partial charge in [0.05, 0.1) is 7.11 Å². The zero-order chi connectivity index (χ0) is 19.1. The predicted molar refractivity (Wildman–Crippen MR) is 113 cm³/mol. The zero-order valence-electron chi connectivity index (χ0n) is 16.6. The molecule has 0 aromatic heterocycles. The standard InChI is InChI=1S/C22H30N4O/c1-23-22(24-13-12-18-7-4-5-9-21(18)27-3)25-16-17-10-11-20-19(15-17)8-6-14-26(20)2/h4-5,7,9-11,15H,6,8,12-14,16H2,1-3H3,(H2,23,24,25). The van der Waals surface area contributed by atoms with E-state index in [1.807, 2.05) is 18.2 Å². The van der Waals surface area contributed by atoms with Gasteiger partial charge in [-0.25, -0.2) is 0 Å². The first-order valence-corrected chi connectivity index (χ1v) is 9.60. The fraction of sp³-hybridized carbons (Fsp3) is 0.409. The molecule has 5 heteroatoms. The van der Waals surface area contributed by atoms with Gasteiger partial charge in [0.15, 0.2) is 5.96 Å². The Kier molecular flexibility index (Phi) is 6.58. The van der Waals surface area contributed by atoms with Crippen molar-refractivity contribution in [3.05, 3.63) is 59.2 Å². The molecule has 0 aliphatic carbocycles. The minimum Gasteiger partial charge on any atom is -0.496 e. The number of guanidine groups is 1. The van der Waals surface area contributed by atoms with Gasteiger partial charge in [-0.3, -0.25) is 4.99 Å². The molecule has 0 radical (unpaired) electrons. The molecule has 0 saturated heterocycles. The maximum absolute atomic E-state index is 5.41. The molecule has 27 heavy (non-hydrogen) atoms. The first kappa shape index (κ1) is 19.1. The van der Waals surface area contributed by atoms with Crippen LogP contribution in [0.4, 0.5) is 5.69 Å². The van der Waals surface area contributed by atoms with Gasteiger partial charge in [0, 0.05) is 39.4 Å². The zero-order valence-corrected chi connectivity index (χ0v) is 16.6. The van der Waals surface area contributed by atoms with Gasteiger partial charge < -0.3 is 20.3 Å². The summed E-state index contributed by atoms with van der Waals surface area (Å²) in [6.07, 6.45) is 3.28. The topological polar surface area (TPSA) is 48.9 Å². The average molecular weight is 367 g/mol. The van der Waals surface area contributed by atoms with Gasteiger partial charge in [-0.05, 0) is 48.1 Å². The minimum absolute atomic E-state index is 0.769. The van der Waals surface area contributed by atoms with E-state index in [0.29, 0.717) is 0 Å². The lowest BCUT2D eigenvalue weighted by atomic mass is 9.99. The molecule has 2 N–H and O–H groups in total. The number of ether oxygens (including phenoxy) is 1. The molecule has 1 heterocycles. The van der Waals surface area contributed by atoms with Crippen molar-refractivity contribution in [2.75, 3.05) is 39.2 Å². The number of hydrogen-bond acceptors (Lipinski definition) is 3. The van der Waals surface area contributed by atoms with Gasteiger partial charge >= 0.3 is 0 Å². The largest absolute Gasteiger partial charge is 0.496 e. The quantitative estimate of drug-likeness (QED) is 0.610. The summed E-state index contributed by atoms with van der Waals surface area (Å²) in [6, 6.07) is 14.9.